The van der Waals surface area contributed by atoms with Gasteiger partial charge in [0.2, 0.25) is 0 Å². The average molecular weight is 455 g/mol. The van der Waals surface area contributed by atoms with Crippen molar-refractivity contribution in [3.63, 3.8) is 0 Å². The third kappa shape index (κ3) is 5.07. The average Bonchev–Trinajstić information content (AvgIpc) is 2.82. The minimum atomic E-state index is -0.223. The lowest BCUT2D eigenvalue weighted by Gasteiger charge is -2.45. The Morgan fingerprint density at radius 2 is 1.62 bits per heavy atom. The maximum Gasteiger partial charge on any atom is 0.125 e. The Balaban J connectivity index is 1.73. The molecule has 1 heterocycles. The second-order valence-corrected chi connectivity index (χ2v) is 8.40. The van der Waals surface area contributed by atoms with Gasteiger partial charge in [-0.15, -0.1) is 0 Å². The first-order valence-corrected chi connectivity index (χ1v) is 11.1. The molecule has 1 aliphatic heterocycles. The highest BCUT2D eigenvalue weighted by Gasteiger charge is 2.33. The summed E-state index contributed by atoms with van der Waals surface area (Å²) >= 11 is 6.50. The largest absolute Gasteiger partial charge is 0.497 e. The summed E-state index contributed by atoms with van der Waals surface area (Å²) < 4.78 is 24.7. The van der Waals surface area contributed by atoms with Crippen LogP contribution in [0, 0.1) is 5.82 Å². The van der Waals surface area contributed by atoms with Crippen molar-refractivity contribution in [1.29, 1.82) is 0 Å². The highest BCUT2D eigenvalue weighted by Crippen LogP contribution is 2.39. The van der Waals surface area contributed by atoms with Gasteiger partial charge in [0.25, 0.3) is 0 Å². The molecule has 4 rings (SSSR count). The van der Waals surface area contributed by atoms with Gasteiger partial charge in [0.15, 0.2) is 0 Å². The first-order valence-electron chi connectivity index (χ1n) is 10.8. The van der Waals surface area contributed by atoms with E-state index in [1.165, 1.54) is 12.1 Å². The molecule has 0 aliphatic carbocycles. The Kier molecular flexibility index (Phi) is 7.30. The molecule has 0 amide bonds. The molecule has 3 aromatic rings. The number of hydrogen-bond acceptors (Lipinski definition) is 4. The predicted octanol–water partition coefficient (Wildman–Crippen LogP) is 5.90. The van der Waals surface area contributed by atoms with E-state index >= 15 is 0 Å². The third-order valence-corrected chi connectivity index (χ3v) is 6.30. The van der Waals surface area contributed by atoms with Crippen molar-refractivity contribution in [2.24, 2.45) is 0 Å². The van der Waals surface area contributed by atoms with Gasteiger partial charge in [-0.05, 0) is 53.9 Å². The molecule has 4 nitrogen and oxygen atoms in total. The molecule has 0 saturated carbocycles. The van der Waals surface area contributed by atoms with E-state index in [-0.39, 0.29) is 12.0 Å². The van der Waals surface area contributed by atoms with E-state index in [1.807, 2.05) is 48.5 Å². The van der Waals surface area contributed by atoms with Crippen LogP contribution in [0.2, 0.25) is 5.02 Å². The van der Waals surface area contributed by atoms with E-state index in [0.29, 0.717) is 13.1 Å². The van der Waals surface area contributed by atoms with Crippen molar-refractivity contribution in [2.45, 2.75) is 25.7 Å². The van der Waals surface area contributed by atoms with E-state index < -0.39 is 0 Å². The Bertz CT molecular complexity index is 1040. The van der Waals surface area contributed by atoms with Gasteiger partial charge >= 0.3 is 0 Å². The first kappa shape index (κ1) is 22.6. The maximum atomic E-state index is 13.5. The molecule has 0 bridgehead atoms. The van der Waals surface area contributed by atoms with Crippen LogP contribution in [-0.4, -0.2) is 37.1 Å². The summed E-state index contributed by atoms with van der Waals surface area (Å²) in [5, 5.41) is 0.763. The van der Waals surface area contributed by atoms with Crippen LogP contribution >= 0.6 is 11.6 Å². The molecule has 0 radical (unpaired) electrons. The molecule has 0 spiro atoms. The number of benzene rings is 3. The summed E-state index contributed by atoms with van der Waals surface area (Å²) in [4.78, 5) is 4.83. The summed E-state index contributed by atoms with van der Waals surface area (Å²) in [5.74, 6) is 1.37. The van der Waals surface area contributed by atoms with Crippen LogP contribution in [0.1, 0.15) is 29.3 Å². The number of halogens is 2. The van der Waals surface area contributed by atoms with E-state index in [0.717, 1.165) is 52.7 Å². The van der Waals surface area contributed by atoms with Gasteiger partial charge < -0.3 is 9.47 Å². The van der Waals surface area contributed by atoms with Crippen LogP contribution in [0.3, 0.4) is 0 Å². The third-order valence-electron chi connectivity index (χ3n) is 5.93. The summed E-state index contributed by atoms with van der Waals surface area (Å²) in [7, 11) is 3.36. The molecular weight excluding hydrogens is 427 g/mol. The van der Waals surface area contributed by atoms with Gasteiger partial charge in [-0.2, -0.15) is 0 Å². The molecule has 1 aliphatic rings. The van der Waals surface area contributed by atoms with Crippen LogP contribution in [-0.2, 0) is 13.1 Å². The highest BCUT2D eigenvalue weighted by atomic mass is 35.5. The maximum absolute atomic E-state index is 13.5. The van der Waals surface area contributed by atoms with Crippen LogP contribution in [0.5, 0.6) is 11.5 Å². The molecule has 0 N–H and O–H groups in total. The molecule has 1 atom stereocenters. The van der Waals surface area contributed by atoms with Crippen molar-refractivity contribution in [3.8, 4) is 11.5 Å². The topological polar surface area (TPSA) is 24.9 Å². The summed E-state index contributed by atoms with van der Waals surface area (Å²) in [6, 6.07) is 20.6. The zero-order valence-corrected chi connectivity index (χ0v) is 19.2. The van der Waals surface area contributed by atoms with E-state index in [9.17, 15) is 4.39 Å². The first-order chi connectivity index (χ1) is 15.6. The van der Waals surface area contributed by atoms with Crippen LogP contribution in [0.4, 0.5) is 4.39 Å². The van der Waals surface area contributed by atoms with Crippen molar-refractivity contribution in [1.82, 2.24) is 9.80 Å². The number of methoxy groups -OCH3 is 2. The lowest BCUT2D eigenvalue weighted by molar-refractivity contribution is -0.0104. The Morgan fingerprint density at radius 3 is 2.31 bits per heavy atom. The smallest absolute Gasteiger partial charge is 0.125 e. The second-order valence-electron chi connectivity index (χ2n) is 7.99. The summed E-state index contributed by atoms with van der Waals surface area (Å²) in [6.45, 7) is 3.26. The van der Waals surface area contributed by atoms with Crippen LogP contribution in [0.25, 0.3) is 0 Å². The molecule has 6 heteroatoms. The van der Waals surface area contributed by atoms with Gasteiger partial charge in [-0.3, -0.25) is 9.80 Å². The molecule has 1 saturated heterocycles. The van der Waals surface area contributed by atoms with Crippen molar-refractivity contribution in [3.05, 3.63) is 94.3 Å². The molecule has 0 unspecified atom stereocenters. The minimum absolute atomic E-state index is 0.0462. The van der Waals surface area contributed by atoms with Crippen molar-refractivity contribution in [2.75, 3.05) is 27.3 Å². The number of hydrogen-bond donors (Lipinski definition) is 0. The molecule has 3 aromatic carbocycles. The number of rotatable bonds is 7. The van der Waals surface area contributed by atoms with E-state index in [4.69, 9.17) is 21.1 Å². The van der Waals surface area contributed by atoms with Gasteiger partial charge in [-0.1, -0.05) is 41.9 Å². The van der Waals surface area contributed by atoms with Crippen molar-refractivity contribution < 1.29 is 13.9 Å². The van der Waals surface area contributed by atoms with Gasteiger partial charge in [0.05, 0.1) is 20.4 Å². The van der Waals surface area contributed by atoms with Crippen molar-refractivity contribution >= 4 is 11.6 Å². The number of nitrogens with zero attached hydrogens (tertiary/aromatic N) is 2. The van der Waals surface area contributed by atoms with Crippen LogP contribution < -0.4 is 9.47 Å². The fourth-order valence-electron chi connectivity index (χ4n) is 4.39. The Morgan fingerprint density at radius 1 is 0.906 bits per heavy atom. The van der Waals surface area contributed by atoms with E-state index in [1.54, 1.807) is 14.2 Å². The number of ether oxygens (including phenoxy) is 2. The summed E-state index contributed by atoms with van der Waals surface area (Å²) in [5.41, 5.74) is 3.20. The molecular formula is C26H28ClFN2O2. The Hall–Kier alpha value is -2.60. The van der Waals surface area contributed by atoms with Gasteiger partial charge in [-0.25, -0.2) is 4.39 Å². The molecule has 1 fully saturated rings. The fourth-order valence-corrected chi connectivity index (χ4v) is 4.58. The zero-order chi connectivity index (χ0) is 22.5. The lowest BCUT2D eigenvalue weighted by atomic mass is 10.0. The van der Waals surface area contributed by atoms with Crippen LogP contribution in [0.15, 0.2) is 66.7 Å². The molecule has 168 valence electrons. The van der Waals surface area contributed by atoms with Gasteiger partial charge in [0, 0.05) is 36.8 Å². The molecule has 32 heavy (non-hydrogen) atoms. The van der Waals surface area contributed by atoms with E-state index in [2.05, 4.69) is 15.9 Å². The Labute approximate surface area is 194 Å². The standard InChI is InChI=1S/C26H28ClFN2O2/c1-31-22-12-13-25(32-2)23(16-22)26-29(17-19-8-10-21(28)11-9-19)14-5-15-30(26)18-20-6-3-4-7-24(20)27/h3-4,6-13,16,26H,5,14-15,17-18H2,1-2H3/t26-/m0/s1. The SMILES string of the molecule is COc1ccc(OC)c([C@H]2N(Cc3ccc(F)cc3)CCCN2Cc2ccccc2Cl)c1. The monoisotopic (exact) mass is 454 g/mol. The zero-order valence-electron chi connectivity index (χ0n) is 18.4. The molecule has 0 aromatic heterocycles. The summed E-state index contributed by atoms with van der Waals surface area (Å²) in [6.07, 6.45) is 0.976. The second kappa shape index (κ2) is 10.3. The fraction of sp³-hybridized carbons (Fsp3) is 0.308. The lowest BCUT2D eigenvalue weighted by Crippen LogP contribution is -2.47. The minimum Gasteiger partial charge on any atom is -0.497 e. The highest BCUT2D eigenvalue weighted by molar-refractivity contribution is 6.31. The van der Waals surface area contributed by atoms with Gasteiger partial charge in [0.1, 0.15) is 17.3 Å². The predicted molar refractivity (Wildman–Crippen MR) is 126 cm³/mol. The quantitative estimate of drug-likeness (QED) is 0.443. The normalized spacial score (nSPS) is 17.3.